The Hall–Kier alpha value is -3.53. The average molecular weight is 360 g/mol. The first-order valence-electron chi connectivity index (χ1n) is 8.47. The van der Waals surface area contributed by atoms with Crippen LogP contribution in [0.15, 0.2) is 66.7 Å². The minimum atomic E-state index is -0.286. The van der Waals surface area contributed by atoms with Gasteiger partial charge in [-0.15, -0.1) is 0 Å². The molecule has 0 unspecified atom stereocenters. The number of ether oxygens (including phenoxy) is 1. The van der Waals surface area contributed by atoms with Crippen molar-refractivity contribution in [3.8, 4) is 17.2 Å². The first-order chi connectivity index (χ1) is 13.0. The van der Waals surface area contributed by atoms with E-state index in [0.717, 1.165) is 11.1 Å². The Kier molecular flexibility index (Phi) is 5.27. The van der Waals surface area contributed by atoms with Crippen molar-refractivity contribution in [2.75, 3.05) is 7.11 Å². The summed E-state index contributed by atoms with van der Waals surface area (Å²) in [5.41, 5.74) is 3.01. The normalized spacial score (nSPS) is 11.3. The van der Waals surface area contributed by atoms with E-state index in [2.05, 4.69) is 0 Å². The van der Waals surface area contributed by atoms with E-state index in [9.17, 15) is 15.0 Å². The highest BCUT2D eigenvalue weighted by atomic mass is 16.5. The molecule has 0 heterocycles. The SMILES string of the molecule is COc1ccc(/C(=C\c2ccc(O)cc2)C(=O)c2ccc(C)cc2O)cc1. The van der Waals surface area contributed by atoms with Gasteiger partial charge in [0.25, 0.3) is 0 Å². The minimum Gasteiger partial charge on any atom is -0.508 e. The summed E-state index contributed by atoms with van der Waals surface area (Å²) < 4.78 is 5.19. The Labute approximate surface area is 158 Å². The molecule has 0 aromatic heterocycles. The smallest absolute Gasteiger partial charge is 0.197 e. The summed E-state index contributed by atoms with van der Waals surface area (Å²) in [7, 11) is 1.58. The molecule has 0 radical (unpaired) electrons. The zero-order valence-corrected chi connectivity index (χ0v) is 15.1. The van der Waals surface area contributed by atoms with E-state index in [1.165, 1.54) is 0 Å². The van der Waals surface area contributed by atoms with Gasteiger partial charge in [-0.3, -0.25) is 4.79 Å². The van der Waals surface area contributed by atoms with Gasteiger partial charge in [0.05, 0.1) is 12.7 Å². The number of rotatable bonds is 5. The number of aryl methyl sites for hydroxylation is 1. The van der Waals surface area contributed by atoms with Crippen molar-refractivity contribution < 1.29 is 19.7 Å². The zero-order chi connectivity index (χ0) is 19.4. The third kappa shape index (κ3) is 4.18. The van der Waals surface area contributed by atoms with Crippen molar-refractivity contribution in [1.29, 1.82) is 0 Å². The number of Topliss-reactive ketones (excluding diaryl/α,β-unsaturated/α-hetero) is 1. The summed E-state index contributed by atoms with van der Waals surface area (Å²) >= 11 is 0. The first-order valence-corrected chi connectivity index (χ1v) is 8.47. The van der Waals surface area contributed by atoms with Gasteiger partial charge in [-0.1, -0.05) is 30.3 Å². The van der Waals surface area contributed by atoms with Crippen LogP contribution < -0.4 is 4.74 Å². The molecule has 0 spiro atoms. The molecule has 0 aliphatic carbocycles. The van der Waals surface area contributed by atoms with Crippen LogP contribution in [0.1, 0.15) is 27.0 Å². The fraction of sp³-hybridized carbons (Fsp3) is 0.0870. The largest absolute Gasteiger partial charge is 0.508 e. The summed E-state index contributed by atoms with van der Waals surface area (Å²) in [4.78, 5) is 13.2. The van der Waals surface area contributed by atoms with Crippen molar-refractivity contribution in [3.05, 3.63) is 89.0 Å². The molecule has 0 amide bonds. The van der Waals surface area contributed by atoms with E-state index in [1.807, 2.05) is 6.92 Å². The molecule has 0 saturated carbocycles. The minimum absolute atomic E-state index is 0.0508. The van der Waals surface area contributed by atoms with Crippen molar-refractivity contribution in [2.24, 2.45) is 0 Å². The van der Waals surface area contributed by atoms with E-state index in [0.29, 0.717) is 16.9 Å². The Morgan fingerprint density at radius 2 is 1.59 bits per heavy atom. The van der Waals surface area contributed by atoms with Crippen molar-refractivity contribution in [1.82, 2.24) is 0 Å². The summed E-state index contributed by atoms with van der Waals surface area (Å²) in [5.74, 6) is 0.505. The number of hydrogen-bond donors (Lipinski definition) is 2. The van der Waals surface area contributed by atoms with Crippen LogP contribution in [0.2, 0.25) is 0 Å². The van der Waals surface area contributed by atoms with Crippen LogP contribution in [0, 0.1) is 6.92 Å². The second-order valence-corrected chi connectivity index (χ2v) is 6.23. The van der Waals surface area contributed by atoms with Crippen LogP contribution in [-0.4, -0.2) is 23.1 Å². The highest BCUT2D eigenvalue weighted by Crippen LogP contribution is 2.29. The lowest BCUT2D eigenvalue weighted by molar-refractivity contribution is 0.105. The Morgan fingerprint density at radius 3 is 2.19 bits per heavy atom. The molecule has 0 aliphatic heterocycles. The van der Waals surface area contributed by atoms with Gasteiger partial charge in [0.1, 0.15) is 17.2 Å². The van der Waals surface area contributed by atoms with Crippen LogP contribution in [-0.2, 0) is 0 Å². The highest BCUT2D eigenvalue weighted by molar-refractivity contribution is 6.33. The van der Waals surface area contributed by atoms with Crippen molar-refractivity contribution in [2.45, 2.75) is 6.92 Å². The van der Waals surface area contributed by atoms with Crippen LogP contribution in [0.4, 0.5) is 0 Å². The maximum atomic E-state index is 13.2. The Balaban J connectivity index is 2.10. The monoisotopic (exact) mass is 360 g/mol. The van der Waals surface area contributed by atoms with Crippen LogP contribution in [0.5, 0.6) is 17.2 Å². The topological polar surface area (TPSA) is 66.8 Å². The van der Waals surface area contributed by atoms with E-state index in [4.69, 9.17) is 4.74 Å². The van der Waals surface area contributed by atoms with Crippen LogP contribution in [0.25, 0.3) is 11.6 Å². The predicted molar refractivity (Wildman–Crippen MR) is 106 cm³/mol. The highest BCUT2D eigenvalue weighted by Gasteiger charge is 2.18. The van der Waals surface area contributed by atoms with Crippen molar-refractivity contribution >= 4 is 17.4 Å². The fourth-order valence-corrected chi connectivity index (χ4v) is 2.77. The number of carbonyl (C=O) groups excluding carboxylic acids is 1. The average Bonchev–Trinajstić information content (AvgIpc) is 2.67. The number of benzene rings is 3. The molecular formula is C23H20O4. The zero-order valence-electron chi connectivity index (χ0n) is 15.1. The summed E-state index contributed by atoms with van der Waals surface area (Å²) in [5, 5.41) is 19.7. The Morgan fingerprint density at radius 1 is 0.926 bits per heavy atom. The summed E-state index contributed by atoms with van der Waals surface area (Å²) in [6.07, 6.45) is 1.74. The summed E-state index contributed by atoms with van der Waals surface area (Å²) in [6, 6.07) is 18.7. The number of carbonyl (C=O) groups is 1. The molecule has 27 heavy (non-hydrogen) atoms. The molecule has 0 bridgehead atoms. The van der Waals surface area contributed by atoms with Gasteiger partial charge in [-0.2, -0.15) is 0 Å². The molecule has 3 rings (SSSR count). The lowest BCUT2D eigenvalue weighted by Crippen LogP contribution is -2.04. The lowest BCUT2D eigenvalue weighted by atomic mass is 9.93. The van der Waals surface area contributed by atoms with E-state index in [1.54, 1.807) is 79.9 Å². The van der Waals surface area contributed by atoms with E-state index in [-0.39, 0.29) is 22.8 Å². The van der Waals surface area contributed by atoms with Gasteiger partial charge in [0, 0.05) is 5.57 Å². The van der Waals surface area contributed by atoms with E-state index < -0.39 is 0 Å². The first kappa shape index (κ1) is 18.3. The third-order valence-corrected chi connectivity index (χ3v) is 4.25. The van der Waals surface area contributed by atoms with Crippen molar-refractivity contribution in [3.63, 3.8) is 0 Å². The molecule has 0 saturated heterocycles. The molecule has 0 aliphatic rings. The number of aromatic hydroxyl groups is 2. The molecular weight excluding hydrogens is 340 g/mol. The Bertz CT molecular complexity index is 984. The molecule has 4 nitrogen and oxygen atoms in total. The molecule has 3 aromatic rings. The van der Waals surface area contributed by atoms with E-state index >= 15 is 0 Å². The van der Waals surface area contributed by atoms with Gasteiger partial charge >= 0.3 is 0 Å². The third-order valence-electron chi connectivity index (χ3n) is 4.25. The maximum Gasteiger partial charge on any atom is 0.197 e. The number of allylic oxidation sites excluding steroid dienone is 1. The van der Waals surface area contributed by atoms with Gasteiger partial charge < -0.3 is 14.9 Å². The summed E-state index contributed by atoms with van der Waals surface area (Å²) in [6.45, 7) is 1.85. The predicted octanol–water partition coefficient (Wildman–Crippen LogP) is 4.84. The molecule has 4 heteroatoms. The molecule has 0 atom stereocenters. The number of phenols is 2. The number of phenolic OH excluding ortho intramolecular Hbond substituents is 2. The fourth-order valence-electron chi connectivity index (χ4n) is 2.77. The standard InChI is InChI=1S/C23H20O4/c1-15-3-12-20(22(25)13-15)23(26)21(14-16-4-8-18(24)9-5-16)17-6-10-19(27-2)11-7-17/h3-14,24-25H,1-2H3/b21-14+. The van der Waals surface area contributed by atoms with Crippen LogP contribution >= 0.6 is 0 Å². The van der Waals surface area contributed by atoms with Gasteiger partial charge in [0.15, 0.2) is 5.78 Å². The number of methoxy groups -OCH3 is 1. The molecule has 2 N–H and O–H groups in total. The molecule has 3 aromatic carbocycles. The van der Waals surface area contributed by atoms with Gasteiger partial charge in [-0.05, 0) is 66.1 Å². The second kappa shape index (κ2) is 7.79. The second-order valence-electron chi connectivity index (χ2n) is 6.23. The quantitative estimate of drug-likeness (QED) is 0.388. The van der Waals surface area contributed by atoms with Crippen LogP contribution in [0.3, 0.4) is 0 Å². The number of ketones is 1. The molecule has 0 fully saturated rings. The maximum absolute atomic E-state index is 13.2. The lowest BCUT2D eigenvalue weighted by Gasteiger charge is -2.11. The van der Waals surface area contributed by atoms with Gasteiger partial charge in [0.2, 0.25) is 0 Å². The van der Waals surface area contributed by atoms with Gasteiger partial charge in [-0.25, -0.2) is 0 Å². The number of hydrogen-bond acceptors (Lipinski definition) is 4. The molecule has 136 valence electrons.